The first-order chi connectivity index (χ1) is 6.58. The summed E-state index contributed by atoms with van der Waals surface area (Å²) in [6, 6.07) is 6.70. The van der Waals surface area contributed by atoms with Crippen LogP contribution in [0, 0.1) is 0 Å². The van der Waals surface area contributed by atoms with Crippen LogP contribution < -0.4 is 4.74 Å². The van der Waals surface area contributed by atoms with Crippen molar-refractivity contribution in [3.8, 4) is 5.75 Å². The lowest BCUT2D eigenvalue weighted by molar-refractivity contribution is -0.131. The predicted octanol–water partition coefficient (Wildman–Crippen LogP) is 1.92. The van der Waals surface area contributed by atoms with Crippen molar-refractivity contribution >= 4 is 22.8 Å². The van der Waals surface area contributed by atoms with Gasteiger partial charge in [-0.1, -0.05) is 12.1 Å². The highest BCUT2D eigenvalue weighted by atomic mass is 35.5. The molecule has 4 heteroatoms. The van der Waals surface area contributed by atoms with E-state index in [4.69, 9.17) is 16.3 Å². The van der Waals surface area contributed by atoms with Crippen LogP contribution >= 0.6 is 11.6 Å². The van der Waals surface area contributed by atoms with Crippen molar-refractivity contribution < 1.29 is 14.3 Å². The number of esters is 1. The highest BCUT2D eigenvalue weighted by Gasteiger charge is 2.02. The maximum atomic E-state index is 10.6. The predicted molar refractivity (Wildman–Crippen MR) is 52.3 cm³/mol. The van der Waals surface area contributed by atoms with Gasteiger partial charge in [0, 0.05) is 13.3 Å². The molecule has 0 bridgehead atoms. The lowest BCUT2D eigenvalue weighted by atomic mass is 10.1. The zero-order chi connectivity index (χ0) is 10.6. The number of hydrogen-bond acceptors (Lipinski definition) is 3. The van der Waals surface area contributed by atoms with Crippen molar-refractivity contribution in [2.75, 3.05) is 0 Å². The van der Waals surface area contributed by atoms with E-state index in [1.165, 1.54) is 6.92 Å². The highest BCUT2D eigenvalue weighted by Crippen LogP contribution is 2.14. The number of carbonyl (C=O) groups excluding carboxylic acids is 2. The fourth-order valence-electron chi connectivity index (χ4n) is 1.05. The first-order valence-corrected chi connectivity index (χ1v) is 4.41. The molecule has 1 aromatic rings. The third kappa shape index (κ3) is 3.58. The van der Waals surface area contributed by atoms with E-state index in [0.29, 0.717) is 5.75 Å². The molecule has 74 valence electrons. The molecule has 0 unspecified atom stereocenters. The molecule has 0 aliphatic carbocycles. The van der Waals surface area contributed by atoms with Crippen molar-refractivity contribution in [3.63, 3.8) is 0 Å². The van der Waals surface area contributed by atoms with Gasteiger partial charge >= 0.3 is 5.97 Å². The van der Waals surface area contributed by atoms with Crippen LogP contribution in [0.5, 0.6) is 5.75 Å². The molecule has 0 N–H and O–H groups in total. The van der Waals surface area contributed by atoms with E-state index in [9.17, 15) is 9.59 Å². The second kappa shape index (κ2) is 4.77. The lowest BCUT2D eigenvalue weighted by Crippen LogP contribution is -2.02. The fourth-order valence-corrected chi connectivity index (χ4v) is 1.20. The summed E-state index contributed by atoms with van der Waals surface area (Å²) in [6.45, 7) is 1.32. The summed E-state index contributed by atoms with van der Waals surface area (Å²) in [5.74, 6) is 0.0345. The van der Waals surface area contributed by atoms with Gasteiger partial charge in [0.25, 0.3) is 0 Å². The number of hydrogen-bond donors (Lipinski definition) is 0. The maximum absolute atomic E-state index is 10.6. The van der Waals surface area contributed by atoms with Gasteiger partial charge in [-0.05, 0) is 29.3 Å². The summed E-state index contributed by atoms with van der Waals surface area (Å²) >= 11 is 5.22. The van der Waals surface area contributed by atoms with Crippen molar-refractivity contribution in [2.45, 2.75) is 13.3 Å². The van der Waals surface area contributed by atoms with E-state index >= 15 is 0 Å². The number of benzene rings is 1. The van der Waals surface area contributed by atoms with Crippen LogP contribution in [-0.2, 0) is 16.0 Å². The van der Waals surface area contributed by atoms with E-state index in [1.807, 2.05) is 0 Å². The Balaban J connectivity index is 2.78. The van der Waals surface area contributed by atoms with E-state index < -0.39 is 5.24 Å². The Morgan fingerprint density at radius 1 is 1.43 bits per heavy atom. The molecule has 0 spiro atoms. The average Bonchev–Trinajstić information content (AvgIpc) is 2.01. The molecule has 0 heterocycles. The first kappa shape index (κ1) is 10.7. The Morgan fingerprint density at radius 2 is 2.14 bits per heavy atom. The highest BCUT2D eigenvalue weighted by molar-refractivity contribution is 6.63. The minimum Gasteiger partial charge on any atom is -0.427 e. The van der Waals surface area contributed by atoms with Gasteiger partial charge < -0.3 is 4.74 Å². The molecule has 0 saturated heterocycles. The molecule has 0 atom stereocenters. The summed E-state index contributed by atoms with van der Waals surface area (Å²) in [7, 11) is 0. The molecule has 1 aromatic carbocycles. The summed E-state index contributed by atoms with van der Waals surface area (Å²) in [5, 5.41) is -0.440. The summed E-state index contributed by atoms with van der Waals surface area (Å²) in [6.07, 6.45) is 0.136. The van der Waals surface area contributed by atoms with Crippen molar-refractivity contribution in [3.05, 3.63) is 29.8 Å². The van der Waals surface area contributed by atoms with Crippen LogP contribution in [0.4, 0.5) is 0 Å². The van der Waals surface area contributed by atoms with Gasteiger partial charge in [-0.25, -0.2) is 0 Å². The summed E-state index contributed by atoms with van der Waals surface area (Å²) in [4.78, 5) is 21.2. The van der Waals surface area contributed by atoms with Gasteiger partial charge in [0.1, 0.15) is 5.75 Å². The Labute approximate surface area is 86.6 Å². The third-order valence-electron chi connectivity index (χ3n) is 1.50. The van der Waals surface area contributed by atoms with E-state index in [2.05, 4.69) is 0 Å². The Morgan fingerprint density at radius 3 is 2.71 bits per heavy atom. The molecule has 0 aliphatic rings. The van der Waals surface area contributed by atoms with E-state index in [-0.39, 0.29) is 12.4 Å². The Hall–Kier alpha value is -1.35. The van der Waals surface area contributed by atoms with Crippen molar-refractivity contribution in [2.24, 2.45) is 0 Å². The largest absolute Gasteiger partial charge is 0.427 e. The molecule has 0 aliphatic heterocycles. The minimum absolute atomic E-state index is 0.136. The first-order valence-electron chi connectivity index (χ1n) is 4.03. The lowest BCUT2D eigenvalue weighted by Gasteiger charge is -2.02. The van der Waals surface area contributed by atoms with Gasteiger partial charge in [-0.2, -0.15) is 0 Å². The van der Waals surface area contributed by atoms with E-state index in [1.54, 1.807) is 24.3 Å². The van der Waals surface area contributed by atoms with Crippen molar-refractivity contribution in [1.29, 1.82) is 0 Å². The SMILES string of the molecule is CC(=O)Oc1cccc(CC(=O)Cl)c1. The van der Waals surface area contributed by atoms with Crippen LogP contribution in [-0.4, -0.2) is 11.2 Å². The summed E-state index contributed by atoms with van der Waals surface area (Å²) < 4.78 is 4.84. The zero-order valence-corrected chi connectivity index (χ0v) is 8.38. The van der Waals surface area contributed by atoms with Crippen LogP contribution in [0.15, 0.2) is 24.3 Å². The topological polar surface area (TPSA) is 43.4 Å². The van der Waals surface area contributed by atoms with Crippen LogP contribution in [0.1, 0.15) is 12.5 Å². The van der Waals surface area contributed by atoms with Gasteiger partial charge in [-0.3, -0.25) is 9.59 Å². The fraction of sp³-hybridized carbons (Fsp3) is 0.200. The number of rotatable bonds is 3. The van der Waals surface area contributed by atoms with Crippen LogP contribution in [0.3, 0.4) is 0 Å². The van der Waals surface area contributed by atoms with Gasteiger partial charge in [0.2, 0.25) is 5.24 Å². The second-order valence-corrected chi connectivity index (χ2v) is 3.19. The normalized spacial score (nSPS) is 9.57. The standard InChI is InChI=1S/C10H9ClO3/c1-7(12)14-9-4-2-3-8(5-9)6-10(11)13/h2-5H,6H2,1H3. The minimum atomic E-state index is -0.440. The molecule has 14 heavy (non-hydrogen) atoms. The molecule has 0 saturated carbocycles. The summed E-state index contributed by atoms with van der Waals surface area (Å²) in [5.41, 5.74) is 0.726. The molecule has 3 nitrogen and oxygen atoms in total. The molecule has 0 fully saturated rings. The van der Waals surface area contributed by atoms with Crippen molar-refractivity contribution in [1.82, 2.24) is 0 Å². The zero-order valence-electron chi connectivity index (χ0n) is 7.62. The van der Waals surface area contributed by atoms with E-state index in [0.717, 1.165) is 5.56 Å². The smallest absolute Gasteiger partial charge is 0.308 e. The number of ether oxygens (including phenoxy) is 1. The van der Waals surface area contributed by atoms with Gasteiger partial charge in [0.15, 0.2) is 0 Å². The molecule has 0 aromatic heterocycles. The van der Waals surface area contributed by atoms with Crippen LogP contribution in [0.25, 0.3) is 0 Å². The maximum Gasteiger partial charge on any atom is 0.308 e. The molecule has 1 rings (SSSR count). The molecule has 0 radical (unpaired) electrons. The monoisotopic (exact) mass is 212 g/mol. The third-order valence-corrected chi connectivity index (χ3v) is 1.64. The molecular weight excluding hydrogens is 204 g/mol. The Bertz CT molecular complexity index is 329. The second-order valence-electron chi connectivity index (χ2n) is 2.77. The van der Waals surface area contributed by atoms with Gasteiger partial charge in [-0.15, -0.1) is 0 Å². The van der Waals surface area contributed by atoms with Crippen LogP contribution in [0.2, 0.25) is 0 Å². The molecular formula is C10H9ClO3. The quantitative estimate of drug-likeness (QED) is 0.437. The number of carbonyl (C=O) groups is 2. The van der Waals surface area contributed by atoms with Gasteiger partial charge in [0.05, 0.1) is 0 Å². The average molecular weight is 213 g/mol. The number of halogens is 1. The molecule has 0 amide bonds. The Kier molecular flexibility index (Phi) is 3.65.